The summed E-state index contributed by atoms with van der Waals surface area (Å²) >= 11 is 0. The van der Waals surface area contributed by atoms with Gasteiger partial charge in [-0.05, 0) is 36.4 Å². The number of ether oxygens (including phenoxy) is 1. The summed E-state index contributed by atoms with van der Waals surface area (Å²) in [6.07, 6.45) is 0. The van der Waals surface area contributed by atoms with Gasteiger partial charge >= 0.3 is 0 Å². The maximum Gasteiger partial charge on any atom is 0.295 e. The second-order valence-corrected chi connectivity index (χ2v) is 8.34. The van der Waals surface area contributed by atoms with Crippen molar-refractivity contribution in [2.75, 3.05) is 43.5 Å². The van der Waals surface area contributed by atoms with Gasteiger partial charge in [-0.25, -0.2) is 9.67 Å². The van der Waals surface area contributed by atoms with Crippen LogP contribution in [0.4, 0.5) is 11.4 Å². The number of aromatic nitrogens is 3. The van der Waals surface area contributed by atoms with Crippen molar-refractivity contribution < 1.29 is 14.3 Å². The molecule has 0 radical (unpaired) electrons. The smallest absolute Gasteiger partial charge is 0.295 e. The van der Waals surface area contributed by atoms with E-state index in [1.165, 1.54) is 0 Å². The lowest BCUT2D eigenvalue weighted by Crippen LogP contribution is -2.41. The van der Waals surface area contributed by atoms with Crippen LogP contribution in [0.5, 0.6) is 0 Å². The van der Waals surface area contributed by atoms with E-state index in [9.17, 15) is 9.59 Å². The molecule has 0 aliphatic carbocycles. The van der Waals surface area contributed by atoms with E-state index in [2.05, 4.69) is 25.6 Å². The highest BCUT2D eigenvalue weighted by molar-refractivity contribution is 6.02. The van der Waals surface area contributed by atoms with Crippen molar-refractivity contribution in [3.05, 3.63) is 90.8 Å². The van der Waals surface area contributed by atoms with E-state index in [0.29, 0.717) is 37.0 Å². The van der Waals surface area contributed by atoms with Crippen LogP contribution in [0, 0.1) is 0 Å². The van der Waals surface area contributed by atoms with Crippen LogP contribution in [0.3, 0.4) is 0 Å². The number of hydrogen-bond acceptors (Lipinski definition) is 6. The fraction of sp³-hybridized carbons (Fsp3) is 0.185. The average Bonchev–Trinajstić information content (AvgIpc) is 3.37. The number of para-hydroxylation sites is 1. The van der Waals surface area contributed by atoms with Crippen LogP contribution in [-0.2, 0) is 9.53 Å². The predicted octanol–water partition coefficient (Wildman–Crippen LogP) is 3.46. The maximum atomic E-state index is 13.0. The Hall–Kier alpha value is -4.34. The summed E-state index contributed by atoms with van der Waals surface area (Å²) in [5, 5.41) is 10.2. The zero-order valence-electron chi connectivity index (χ0n) is 19.6. The molecule has 1 aliphatic rings. The number of nitrogens with zero attached hydrogens (tertiary/aromatic N) is 4. The third kappa shape index (κ3) is 5.65. The number of rotatable bonds is 7. The summed E-state index contributed by atoms with van der Waals surface area (Å²) < 4.78 is 6.98. The standard InChI is InChI=1S/C27H26N6O3/c34-24(19-32-15-17-36-18-16-32)28-21-11-13-22(14-12-21)29-27(35)25-30-26(20-7-3-1-4-8-20)33(31-25)23-9-5-2-6-10-23/h1-14H,15-19H2,(H,28,34)(H,29,35). The number of carbonyl (C=O) groups excluding carboxylic acids is 2. The molecule has 0 bridgehead atoms. The molecule has 5 rings (SSSR count). The zero-order chi connectivity index (χ0) is 24.7. The van der Waals surface area contributed by atoms with Crippen LogP contribution in [0.1, 0.15) is 10.6 Å². The van der Waals surface area contributed by atoms with Gasteiger partial charge in [-0.3, -0.25) is 14.5 Å². The number of anilines is 2. The molecule has 1 saturated heterocycles. The Balaban J connectivity index is 1.28. The van der Waals surface area contributed by atoms with Crippen molar-refractivity contribution in [3.63, 3.8) is 0 Å². The Morgan fingerprint density at radius 1 is 0.806 bits per heavy atom. The van der Waals surface area contributed by atoms with Gasteiger partial charge in [-0.2, -0.15) is 0 Å². The van der Waals surface area contributed by atoms with Gasteiger partial charge in [-0.15, -0.1) is 5.10 Å². The van der Waals surface area contributed by atoms with E-state index in [1.807, 2.05) is 60.7 Å². The van der Waals surface area contributed by atoms with Crippen LogP contribution in [0.25, 0.3) is 17.1 Å². The zero-order valence-corrected chi connectivity index (χ0v) is 19.6. The van der Waals surface area contributed by atoms with E-state index in [4.69, 9.17) is 4.74 Å². The summed E-state index contributed by atoms with van der Waals surface area (Å²) in [6, 6.07) is 26.1. The van der Waals surface area contributed by atoms with Crippen LogP contribution >= 0.6 is 0 Å². The summed E-state index contributed by atoms with van der Waals surface area (Å²) in [4.78, 5) is 31.9. The van der Waals surface area contributed by atoms with Gasteiger partial charge in [0.15, 0.2) is 5.82 Å². The number of amides is 2. The van der Waals surface area contributed by atoms with Crippen molar-refractivity contribution in [2.24, 2.45) is 0 Å². The fourth-order valence-electron chi connectivity index (χ4n) is 3.92. The molecule has 2 N–H and O–H groups in total. The van der Waals surface area contributed by atoms with Crippen molar-refractivity contribution in [3.8, 4) is 17.1 Å². The molecule has 0 spiro atoms. The number of hydrogen-bond donors (Lipinski definition) is 2. The molecule has 2 amide bonds. The van der Waals surface area contributed by atoms with Gasteiger partial charge < -0.3 is 15.4 Å². The molecule has 1 aromatic heterocycles. The Labute approximate surface area is 208 Å². The summed E-state index contributed by atoms with van der Waals surface area (Å²) in [5.74, 6) is 0.120. The topological polar surface area (TPSA) is 101 Å². The van der Waals surface area contributed by atoms with Gasteiger partial charge in [-0.1, -0.05) is 48.5 Å². The van der Waals surface area contributed by atoms with Crippen LogP contribution in [0.15, 0.2) is 84.9 Å². The van der Waals surface area contributed by atoms with Gasteiger partial charge in [0.25, 0.3) is 5.91 Å². The van der Waals surface area contributed by atoms with E-state index in [0.717, 1.165) is 24.3 Å². The van der Waals surface area contributed by atoms with Gasteiger partial charge in [0.1, 0.15) is 0 Å². The first kappa shape index (κ1) is 23.4. The Bertz CT molecular complexity index is 1260. The quantitative estimate of drug-likeness (QED) is 0.418. The molecule has 1 aliphatic heterocycles. The van der Waals surface area contributed by atoms with E-state index < -0.39 is 5.91 Å². The SMILES string of the molecule is O=C(CN1CCOCC1)Nc1ccc(NC(=O)c2nc(-c3ccccc3)n(-c3ccccc3)n2)cc1. The minimum Gasteiger partial charge on any atom is -0.379 e. The average molecular weight is 483 g/mol. The molecule has 4 aromatic rings. The Morgan fingerprint density at radius 2 is 1.42 bits per heavy atom. The highest BCUT2D eigenvalue weighted by Crippen LogP contribution is 2.22. The molecule has 9 heteroatoms. The molecule has 3 aromatic carbocycles. The molecular weight excluding hydrogens is 456 g/mol. The number of morpholine rings is 1. The predicted molar refractivity (Wildman–Crippen MR) is 137 cm³/mol. The molecule has 0 atom stereocenters. The first-order chi connectivity index (χ1) is 17.7. The minimum absolute atomic E-state index is 0.0561. The molecule has 36 heavy (non-hydrogen) atoms. The Kier molecular flexibility index (Phi) is 7.11. The highest BCUT2D eigenvalue weighted by Gasteiger charge is 2.19. The minimum atomic E-state index is -0.425. The lowest BCUT2D eigenvalue weighted by Gasteiger charge is -2.25. The molecule has 1 fully saturated rings. The summed E-state index contributed by atoms with van der Waals surface area (Å²) in [7, 11) is 0. The summed E-state index contributed by atoms with van der Waals surface area (Å²) in [6.45, 7) is 3.11. The lowest BCUT2D eigenvalue weighted by atomic mass is 10.2. The molecular formula is C27H26N6O3. The largest absolute Gasteiger partial charge is 0.379 e. The number of benzene rings is 3. The first-order valence-electron chi connectivity index (χ1n) is 11.7. The third-order valence-corrected chi connectivity index (χ3v) is 5.74. The number of nitrogens with one attached hydrogen (secondary N) is 2. The number of carbonyl (C=O) groups is 2. The van der Waals surface area contributed by atoms with Crippen LogP contribution in [-0.4, -0.2) is 64.3 Å². The first-order valence-corrected chi connectivity index (χ1v) is 11.7. The summed E-state index contributed by atoms with van der Waals surface area (Å²) in [5.41, 5.74) is 2.89. The second kappa shape index (κ2) is 10.9. The van der Waals surface area contributed by atoms with Gasteiger partial charge in [0.2, 0.25) is 11.7 Å². The molecule has 0 saturated carbocycles. The second-order valence-electron chi connectivity index (χ2n) is 8.34. The van der Waals surface area contributed by atoms with E-state index in [1.54, 1.807) is 28.9 Å². The normalized spacial score (nSPS) is 13.8. The molecule has 2 heterocycles. The monoisotopic (exact) mass is 482 g/mol. The third-order valence-electron chi connectivity index (χ3n) is 5.74. The van der Waals surface area contributed by atoms with Crippen molar-refractivity contribution in [1.29, 1.82) is 0 Å². The van der Waals surface area contributed by atoms with Crippen molar-refractivity contribution in [1.82, 2.24) is 19.7 Å². The van der Waals surface area contributed by atoms with E-state index in [-0.39, 0.29) is 11.7 Å². The van der Waals surface area contributed by atoms with Crippen LogP contribution < -0.4 is 10.6 Å². The van der Waals surface area contributed by atoms with Crippen LogP contribution in [0.2, 0.25) is 0 Å². The van der Waals surface area contributed by atoms with Crippen molar-refractivity contribution >= 4 is 23.2 Å². The Morgan fingerprint density at radius 3 is 2.08 bits per heavy atom. The van der Waals surface area contributed by atoms with Gasteiger partial charge in [0, 0.05) is 30.0 Å². The highest BCUT2D eigenvalue weighted by atomic mass is 16.5. The molecule has 0 unspecified atom stereocenters. The van der Waals surface area contributed by atoms with E-state index >= 15 is 0 Å². The van der Waals surface area contributed by atoms with Crippen molar-refractivity contribution in [2.45, 2.75) is 0 Å². The fourth-order valence-corrected chi connectivity index (χ4v) is 3.92. The molecule has 9 nitrogen and oxygen atoms in total. The lowest BCUT2D eigenvalue weighted by molar-refractivity contribution is -0.118. The molecule has 182 valence electrons. The van der Waals surface area contributed by atoms with Gasteiger partial charge in [0.05, 0.1) is 25.4 Å². The maximum absolute atomic E-state index is 13.0.